The zero-order valence-corrected chi connectivity index (χ0v) is 9.11. The number of sulfone groups is 1. The lowest BCUT2D eigenvalue weighted by atomic mass is 9.79. The van der Waals surface area contributed by atoms with Gasteiger partial charge in [-0.2, -0.15) is 0 Å². The Labute approximate surface area is 91.4 Å². The SMILES string of the molecule is O=S1(=O)CCCc2cc([B-](F)(F)F)ccc21. The van der Waals surface area contributed by atoms with Gasteiger partial charge in [0.1, 0.15) is 0 Å². The van der Waals surface area contributed by atoms with E-state index in [-0.39, 0.29) is 10.6 Å². The largest absolute Gasteiger partial charge is 0.509 e. The summed E-state index contributed by atoms with van der Waals surface area (Å²) in [5.41, 5.74) is -0.432. The Kier molecular flexibility index (Phi) is 2.53. The van der Waals surface area contributed by atoms with Gasteiger partial charge < -0.3 is 12.9 Å². The number of hydrogen-bond donors (Lipinski definition) is 0. The molecule has 1 aliphatic heterocycles. The lowest BCUT2D eigenvalue weighted by Gasteiger charge is -2.21. The highest BCUT2D eigenvalue weighted by Gasteiger charge is 2.29. The molecule has 0 saturated carbocycles. The van der Waals surface area contributed by atoms with Gasteiger partial charge in [0.25, 0.3) is 0 Å². The molecule has 0 saturated heterocycles. The van der Waals surface area contributed by atoms with Crippen molar-refractivity contribution in [3.63, 3.8) is 0 Å². The van der Waals surface area contributed by atoms with E-state index >= 15 is 0 Å². The average molecular weight is 249 g/mol. The molecule has 0 atom stereocenters. The molecule has 0 radical (unpaired) electrons. The third-order valence-corrected chi connectivity index (χ3v) is 4.55. The van der Waals surface area contributed by atoms with Gasteiger partial charge in [-0.15, -0.1) is 5.46 Å². The monoisotopic (exact) mass is 249 g/mol. The van der Waals surface area contributed by atoms with Crippen LogP contribution in [0.3, 0.4) is 0 Å². The third-order valence-electron chi connectivity index (χ3n) is 2.66. The van der Waals surface area contributed by atoms with E-state index in [1.54, 1.807) is 0 Å². The summed E-state index contributed by atoms with van der Waals surface area (Å²) >= 11 is 0. The van der Waals surface area contributed by atoms with E-state index in [4.69, 9.17) is 0 Å². The maximum absolute atomic E-state index is 12.5. The molecule has 0 amide bonds. The molecule has 0 aliphatic carbocycles. The number of benzene rings is 1. The van der Waals surface area contributed by atoms with Gasteiger partial charge in [-0.05, 0) is 24.5 Å². The van der Waals surface area contributed by atoms with Crippen LogP contribution in [0.15, 0.2) is 23.1 Å². The normalized spacial score (nSPS) is 19.2. The smallest absolute Gasteiger partial charge is 0.445 e. The summed E-state index contributed by atoms with van der Waals surface area (Å²) in [7, 11) is -3.36. The molecule has 1 aliphatic rings. The Balaban J connectivity index is 2.57. The third kappa shape index (κ3) is 1.96. The van der Waals surface area contributed by atoms with Crippen molar-refractivity contribution in [2.24, 2.45) is 0 Å². The number of fused-ring (bicyclic) bond motifs is 1. The molecule has 1 aromatic rings. The summed E-state index contributed by atoms with van der Waals surface area (Å²) < 4.78 is 60.5. The molecule has 16 heavy (non-hydrogen) atoms. The van der Waals surface area contributed by atoms with Crippen molar-refractivity contribution < 1.29 is 21.4 Å². The van der Waals surface area contributed by atoms with Gasteiger partial charge in [0.2, 0.25) is 0 Å². The van der Waals surface area contributed by atoms with E-state index in [0.29, 0.717) is 18.4 Å². The Hall–Kier alpha value is -0.975. The second-order valence-electron chi connectivity index (χ2n) is 3.86. The minimum absolute atomic E-state index is 0.0243. The van der Waals surface area contributed by atoms with Crippen LogP contribution in [0.1, 0.15) is 12.0 Å². The Morgan fingerprint density at radius 2 is 1.88 bits per heavy atom. The van der Waals surface area contributed by atoms with Crippen LogP contribution in [0, 0.1) is 0 Å². The Bertz CT molecular complexity index is 522. The molecule has 0 aromatic heterocycles. The van der Waals surface area contributed by atoms with Crippen LogP contribution in [0.2, 0.25) is 0 Å². The van der Waals surface area contributed by atoms with E-state index < -0.39 is 22.3 Å². The fraction of sp³-hybridized carbons (Fsp3) is 0.333. The summed E-state index contributed by atoms with van der Waals surface area (Å²) in [6.07, 6.45) is 0.790. The average Bonchev–Trinajstić information content (AvgIpc) is 2.15. The summed E-state index contributed by atoms with van der Waals surface area (Å²) in [6, 6.07) is 2.89. The molecule has 0 N–H and O–H groups in total. The summed E-state index contributed by atoms with van der Waals surface area (Å²) in [4.78, 5) is 0.0579. The van der Waals surface area contributed by atoms with Crippen molar-refractivity contribution in [1.29, 1.82) is 0 Å². The van der Waals surface area contributed by atoms with Crippen LogP contribution in [-0.4, -0.2) is 21.1 Å². The first-order valence-electron chi connectivity index (χ1n) is 4.86. The van der Waals surface area contributed by atoms with Crippen LogP contribution in [0.25, 0.3) is 0 Å². The minimum atomic E-state index is -5.06. The maximum atomic E-state index is 12.5. The van der Waals surface area contributed by atoms with Crippen molar-refractivity contribution in [3.8, 4) is 0 Å². The molecule has 2 nitrogen and oxygen atoms in total. The van der Waals surface area contributed by atoms with Gasteiger partial charge in [-0.3, -0.25) is 0 Å². The van der Waals surface area contributed by atoms with E-state index in [1.807, 2.05) is 0 Å². The van der Waals surface area contributed by atoms with E-state index in [1.165, 1.54) is 0 Å². The van der Waals surface area contributed by atoms with E-state index in [9.17, 15) is 21.4 Å². The van der Waals surface area contributed by atoms with Crippen LogP contribution in [-0.2, 0) is 16.3 Å². The van der Waals surface area contributed by atoms with Crippen molar-refractivity contribution in [1.82, 2.24) is 0 Å². The van der Waals surface area contributed by atoms with Crippen molar-refractivity contribution in [2.45, 2.75) is 17.7 Å². The second kappa shape index (κ2) is 3.51. The number of hydrogen-bond acceptors (Lipinski definition) is 2. The second-order valence-corrected chi connectivity index (χ2v) is 5.94. The first kappa shape index (κ1) is 11.5. The zero-order valence-electron chi connectivity index (χ0n) is 8.29. The predicted molar refractivity (Wildman–Crippen MR) is 55.5 cm³/mol. The van der Waals surface area contributed by atoms with Gasteiger partial charge in [0, 0.05) is 0 Å². The van der Waals surface area contributed by atoms with Gasteiger partial charge in [-0.25, -0.2) is 8.42 Å². The van der Waals surface area contributed by atoms with Crippen LogP contribution in [0.5, 0.6) is 0 Å². The van der Waals surface area contributed by atoms with Gasteiger partial charge in [0.05, 0.1) is 10.6 Å². The van der Waals surface area contributed by atoms with Gasteiger partial charge in [-0.1, -0.05) is 12.1 Å². The summed E-state index contributed by atoms with van der Waals surface area (Å²) in [5.74, 6) is 0.0243. The molecular formula is C9H9BF3O2S-. The molecule has 88 valence electrons. The highest BCUT2D eigenvalue weighted by Crippen LogP contribution is 2.25. The van der Waals surface area contributed by atoms with Crippen molar-refractivity contribution >= 4 is 22.3 Å². The predicted octanol–water partition coefficient (Wildman–Crippen LogP) is 1.46. The number of rotatable bonds is 1. The number of aryl methyl sites for hydroxylation is 1. The lowest BCUT2D eigenvalue weighted by molar-refractivity contribution is 0.500. The summed E-state index contributed by atoms with van der Waals surface area (Å²) in [6.45, 7) is -5.06. The standard InChI is InChI=1S/C9H9BF3O2S/c11-10(12,13)8-3-4-9-7(6-8)2-1-5-16(9,14)15/h3-4,6H,1-2,5H2/q-1. The Morgan fingerprint density at radius 1 is 1.19 bits per heavy atom. The van der Waals surface area contributed by atoms with Gasteiger partial charge >= 0.3 is 6.98 Å². The Morgan fingerprint density at radius 3 is 2.50 bits per heavy atom. The van der Waals surface area contributed by atoms with Gasteiger partial charge in [0.15, 0.2) is 9.84 Å². The van der Waals surface area contributed by atoms with Crippen molar-refractivity contribution in [3.05, 3.63) is 23.8 Å². The molecule has 1 aromatic carbocycles. The maximum Gasteiger partial charge on any atom is 0.509 e. The zero-order chi connectivity index (χ0) is 12.0. The van der Waals surface area contributed by atoms with Crippen LogP contribution >= 0.6 is 0 Å². The number of halogens is 3. The molecule has 0 unspecified atom stereocenters. The quantitative estimate of drug-likeness (QED) is 0.706. The molecule has 2 rings (SSSR count). The molecule has 0 spiro atoms. The molecule has 0 bridgehead atoms. The lowest BCUT2D eigenvalue weighted by Crippen LogP contribution is -2.35. The highest BCUT2D eigenvalue weighted by molar-refractivity contribution is 7.91. The topological polar surface area (TPSA) is 34.1 Å². The van der Waals surface area contributed by atoms with Crippen LogP contribution in [0.4, 0.5) is 12.9 Å². The highest BCUT2D eigenvalue weighted by atomic mass is 32.2. The summed E-state index contributed by atoms with van der Waals surface area (Å²) in [5, 5.41) is 0. The molecule has 7 heteroatoms. The molecular weight excluding hydrogens is 240 g/mol. The first-order valence-corrected chi connectivity index (χ1v) is 6.51. The fourth-order valence-electron chi connectivity index (χ4n) is 1.86. The van der Waals surface area contributed by atoms with Crippen molar-refractivity contribution in [2.75, 3.05) is 5.75 Å². The van der Waals surface area contributed by atoms with Crippen LogP contribution < -0.4 is 5.46 Å². The molecule has 1 heterocycles. The van der Waals surface area contributed by atoms with E-state index in [0.717, 1.165) is 18.2 Å². The minimum Gasteiger partial charge on any atom is -0.445 e. The fourth-order valence-corrected chi connectivity index (χ4v) is 3.44. The van der Waals surface area contributed by atoms with E-state index in [2.05, 4.69) is 0 Å². The first-order chi connectivity index (χ1) is 7.31. The molecule has 0 fully saturated rings.